The Kier molecular flexibility index (Phi) is 4.73. The normalized spacial score (nSPS) is 9.62. The van der Waals surface area contributed by atoms with Gasteiger partial charge in [-0.2, -0.15) is 20.2 Å². The van der Waals surface area contributed by atoms with Gasteiger partial charge in [-0.3, -0.25) is 0 Å². The van der Waals surface area contributed by atoms with E-state index in [4.69, 9.17) is 21.6 Å². The first kappa shape index (κ1) is 12.5. The van der Waals surface area contributed by atoms with Crippen LogP contribution in [0.3, 0.4) is 0 Å². The van der Waals surface area contributed by atoms with Crippen molar-refractivity contribution in [1.29, 1.82) is 5.26 Å². The second-order valence-corrected chi connectivity index (χ2v) is 3.22. The third-order valence-electron chi connectivity index (χ3n) is 1.92. The van der Waals surface area contributed by atoms with Gasteiger partial charge in [0.1, 0.15) is 0 Å². The summed E-state index contributed by atoms with van der Waals surface area (Å²) in [5.74, 6) is 0.426. The molecule has 86 valence electrons. The second kappa shape index (κ2) is 6.08. The van der Waals surface area contributed by atoms with Crippen LogP contribution >= 0.6 is 11.6 Å². The van der Waals surface area contributed by atoms with Gasteiger partial charge in [-0.1, -0.05) is 0 Å². The summed E-state index contributed by atoms with van der Waals surface area (Å²) in [7, 11) is 1.46. The van der Waals surface area contributed by atoms with E-state index in [1.54, 1.807) is 0 Å². The van der Waals surface area contributed by atoms with Crippen LogP contribution in [0, 0.1) is 11.3 Å². The van der Waals surface area contributed by atoms with Crippen LogP contribution in [0.5, 0.6) is 6.01 Å². The average molecular weight is 242 g/mol. The molecule has 0 fully saturated rings. The maximum Gasteiger partial charge on any atom is 0.322 e. The van der Waals surface area contributed by atoms with Crippen LogP contribution < -0.4 is 9.64 Å². The number of ether oxygens (including phenoxy) is 1. The number of hydrogen-bond donors (Lipinski definition) is 0. The molecule has 0 amide bonds. The van der Waals surface area contributed by atoms with Crippen molar-refractivity contribution in [2.75, 3.05) is 25.1 Å². The van der Waals surface area contributed by atoms with Gasteiger partial charge in [0.25, 0.3) is 0 Å². The Labute approximate surface area is 98.8 Å². The Morgan fingerprint density at radius 3 is 2.75 bits per heavy atom. The van der Waals surface area contributed by atoms with Crippen LogP contribution in [-0.2, 0) is 0 Å². The van der Waals surface area contributed by atoms with E-state index in [0.29, 0.717) is 25.5 Å². The van der Waals surface area contributed by atoms with E-state index in [-0.39, 0.29) is 11.3 Å². The molecular formula is C9H12ClN5O. The lowest BCUT2D eigenvalue weighted by Crippen LogP contribution is -2.26. The highest BCUT2D eigenvalue weighted by atomic mass is 35.5. The zero-order valence-electron chi connectivity index (χ0n) is 9.14. The summed E-state index contributed by atoms with van der Waals surface area (Å²) in [5.41, 5.74) is 0. The summed E-state index contributed by atoms with van der Waals surface area (Å²) in [6.45, 7) is 3.18. The Morgan fingerprint density at radius 1 is 1.44 bits per heavy atom. The lowest BCUT2D eigenvalue weighted by Gasteiger charge is -2.19. The predicted octanol–water partition coefficient (Wildman–Crippen LogP) is 1.27. The molecule has 1 rings (SSSR count). The summed E-state index contributed by atoms with van der Waals surface area (Å²) >= 11 is 5.73. The molecule has 0 aliphatic carbocycles. The zero-order chi connectivity index (χ0) is 12.0. The molecule has 0 saturated carbocycles. The summed E-state index contributed by atoms with van der Waals surface area (Å²) in [6, 6.07) is 2.24. The van der Waals surface area contributed by atoms with Crippen molar-refractivity contribution in [3.63, 3.8) is 0 Å². The maximum atomic E-state index is 8.53. The van der Waals surface area contributed by atoms with Gasteiger partial charge in [0, 0.05) is 13.1 Å². The van der Waals surface area contributed by atoms with Crippen LogP contribution in [0.4, 0.5) is 5.95 Å². The molecule has 6 nitrogen and oxygen atoms in total. The number of methoxy groups -OCH3 is 1. The minimum atomic E-state index is 0.0808. The number of rotatable bonds is 5. The number of aromatic nitrogens is 3. The Bertz CT molecular complexity index is 392. The molecule has 0 bridgehead atoms. The summed E-state index contributed by atoms with van der Waals surface area (Å²) in [6.07, 6.45) is 0.402. The Hall–Kier alpha value is -1.61. The van der Waals surface area contributed by atoms with E-state index < -0.39 is 0 Å². The molecule has 0 saturated heterocycles. The van der Waals surface area contributed by atoms with Crippen LogP contribution in [0.2, 0.25) is 5.28 Å². The monoisotopic (exact) mass is 241 g/mol. The molecule has 0 aliphatic heterocycles. The van der Waals surface area contributed by atoms with Crippen molar-refractivity contribution >= 4 is 17.5 Å². The first-order valence-corrected chi connectivity index (χ1v) is 5.16. The van der Waals surface area contributed by atoms with Gasteiger partial charge in [0.2, 0.25) is 11.2 Å². The molecule has 0 spiro atoms. The zero-order valence-corrected chi connectivity index (χ0v) is 9.90. The molecule has 0 N–H and O–H groups in total. The number of hydrogen-bond acceptors (Lipinski definition) is 6. The van der Waals surface area contributed by atoms with Crippen molar-refractivity contribution < 1.29 is 4.74 Å². The molecule has 0 aromatic carbocycles. The van der Waals surface area contributed by atoms with Crippen LogP contribution in [-0.4, -0.2) is 35.2 Å². The number of nitriles is 1. The van der Waals surface area contributed by atoms with Crippen LogP contribution in [0.1, 0.15) is 13.3 Å². The van der Waals surface area contributed by atoms with E-state index in [1.165, 1.54) is 7.11 Å². The fraction of sp³-hybridized carbons (Fsp3) is 0.556. The van der Waals surface area contributed by atoms with Crippen molar-refractivity contribution in [3.05, 3.63) is 5.28 Å². The van der Waals surface area contributed by atoms with Crippen LogP contribution in [0.25, 0.3) is 0 Å². The first-order chi connectivity index (χ1) is 7.71. The molecule has 0 aliphatic rings. The lowest BCUT2D eigenvalue weighted by atomic mass is 10.4. The smallest absolute Gasteiger partial charge is 0.322 e. The van der Waals surface area contributed by atoms with Crippen LogP contribution in [0.15, 0.2) is 0 Å². The molecule has 0 atom stereocenters. The molecule has 1 aromatic heterocycles. The average Bonchev–Trinajstić information content (AvgIpc) is 2.29. The van der Waals surface area contributed by atoms with Crippen molar-refractivity contribution in [1.82, 2.24) is 15.0 Å². The van der Waals surface area contributed by atoms with Crippen molar-refractivity contribution in [3.8, 4) is 12.1 Å². The second-order valence-electron chi connectivity index (χ2n) is 2.88. The molecule has 1 heterocycles. The van der Waals surface area contributed by atoms with Crippen molar-refractivity contribution in [2.24, 2.45) is 0 Å². The molecule has 0 radical (unpaired) electrons. The van der Waals surface area contributed by atoms with Crippen molar-refractivity contribution in [2.45, 2.75) is 13.3 Å². The van der Waals surface area contributed by atoms with Gasteiger partial charge in [0.05, 0.1) is 19.6 Å². The fourth-order valence-corrected chi connectivity index (χ4v) is 1.29. The molecule has 1 aromatic rings. The van der Waals surface area contributed by atoms with Gasteiger partial charge < -0.3 is 9.64 Å². The SMILES string of the molecule is CCN(CCC#N)c1nc(Cl)nc(OC)n1. The topological polar surface area (TPSA) is 74.9 Å². The quantitative estimate of drug-likeness (QED) is 0.773. The summed E-state index contributed by atoms with van der Waals surface area (Å²) in [5, 5.41) is 8.61. The molecular weight excluding hydrogens is 230 g/mol. The maximum absolute atomic E-state index is 8.53. The van der Waals surface area contributed by atoms with Gasteiger partial charge in [-0.05, 0) is 18.5 Å². The van der Waals surface area contributed by atoms with Gasteiger partial charge in [-0.25, -0.2) is 0 Å². The van der Waals surface area contributed by atoms with E-state index in [0.717, 1.165) is 0 Å². The van der Waals surface area contributed by atoms with Gasteiger partial charge >= 0.3 is 6.01 Å². The van der Waals surface area contributed by atoms with Gasteiger partial charge in [-0.15, -0.1) is 0 Å². The Morgan fingerprint density at radius 2 is 2.19 bits per heavy atom. The number of anilines is 1. The van der Waals surface area contributed by atoms with E-state index >= 15 is 0 Å². The highest BCUT2D eigenvalue weighted by Gasteiger charge is 2.11. The molecule has 0 unspecified atom stereocenters. The largest absolute Gasteiger partial charge is 0.467 e. The number of halogens is 1. The summed E-state index contributed by atoms with van der Waals surface area (Å²) in [4.78, 5) is 13.7. The Balaban J connectivity index is 2.91. The third-order valence-corrected chi connectivity index (χ3v) is 2.09. The lowest BCUT2D eigenvalue weighted by molar-refractivity contribution is 0.378. The standard InChI is InChI=1S/C9H12ClN5O/c1-3-15(6-4-5-11)8-12-7(10)13-9(14-8)16-2/h3-4,6H2,1-2H3. The molecule has 16 heavy (non-hydrogen) atoms. The minimum absolute atomic E-state index is 0.0808. The van der Waals surface area contributed by atoms with Gasteiger partial charge in [0.15, 0.2) is 0 Å². The third kappa shape index (κ3) is 3.21. The highest BCUT2D eigenvalue weighted by molar-refractivity contribution is 6.28. The van der Waals surface area contributed by atoms with E-state index in [9.17, 15) is 0 Å². The summed E-state index contributed by atoms with van der Waals surface area (Å²) < 4.78 is 4.90. The predicted molar refractivity (Wildman–Crippen MR) is 59.5 cm³/mol. The molecule has 7 heteroatoms. The first-order valence-electron chi connectivity index (χ1n) is 4.78. The highest BCUT2D eigenvalue weighted by Crippen LogP contribution is 2.14. The number of nitrogens with zero attached hydrogens (tertiary/aromatic N) is 5. The van der Waals surface area contributed by atoms with E-state index in [1.807, 2.05) is 11.8 Å². The fourth-order valence-electron chi connectivity index (χ4n) is 1.14. The minimum Gasteiger partial charge on any atom is -0.467 e. The van der Waals surface area contributed by atoms with E-state index in [2.05, 4.69) is 21.0 Å².